The summed E-state index contributed by atoms with van der Waals surface area (Å²) in [7, 11) is -0.915. The lowest BCUT2D eigenvalue weighted by molar-refractivity contribution is 0.175. The van der Waals surface area contributed by atoms with Gasteiger partial charge in [0.25, 0.3) is 0 Å². The third-order valence-corrected chi connectivity index (χ3v) is 8.79. The van der Waals surface area contributed by atoms with E-state index in [1.807, 2.05) is 19.3 Å². The SMILES string of the molecule is CN(c1ncnc2[nH]ccc12)C1CC(CS(=O)(=O)C2CN(CC3CC3)C2)C1. The quantitative estimate of drug-likeness (QED) is 0.776. The van der Waals surface area contributed by atoms with Crippen LogP contribution < -0.4 is 4.90 Å². The fraction of sp³-hybridized carbons (Fsp3) is 0.684. The number of likely N-dealkylation sites (tertiary alicyclic amines) is 1. The summed E-state index contributed by atoms with van der Waals surface area (Å²) in [6.45, 7) is 2.61. The maximum absolute atomic E-state index is 12.7. The molecule has 7 nitrogen and oxygen atoms in total. The third kappa shape index (κ3) is 3.33. The number of sulfone groups is 1. The van der Waals surface area contributed by atoms with Crippen LogP contribution in [-0.4, -0.2) is 72.0 Å². The standard InChI is InChI=1S/C19H27N5O2S/c1-23(19-17-4-5-20-18(17)21-12-22-19)15-6-14(7-15)11-27(25,26)16-9-24(10-16)8-13-2-3-13/h4-5,12-16H,2-3,6-11H2,1H3,(H,20,21,22). The number of anilines is 1. The van der Waals surface area contributed by atoms with Crippen molar-refractivity contribution in [2.24, 2.45) is 11.8 Å². The van der Waals surface area contributed by atoms with Gasteiger partial charge in [-0.1, -0.05) is 0 Å². The molecule has 2 aliphatic carbocycles. The Morgan fingerprint density at radius 1 is 1.22 bits per heavy atom. The number of aromatic amines is 1. The molecule has 1 aliphatic heterocycles. The zero-order valence-electron chi connectivity index (χ0n) is 15.7. The summed E-state index contributed by atoms with van der Waals surface area (Å²) in [4.78, 5) is 16.3. The fourth-order valence-electron chi connectivity index (χ4n) is 4.49. The Balaban J connectivity index is 1.14. The minimum Gasteiger partial charge on any atom is -0.356 e. The maximum Gasteiger partial charge on any atom is 0.155 e. The van der Waals surface area contributed by atoms with E-state index in [0.29, 0.717) is 11.8 Å². The number of aromatic nitrogens is 3. The Labute approximate surface area is 160 Å². The number of rotatable bonds is 7. The van der Waals surface area contributed by atoms with E-state index in [1.165, 1.54) is 12.8 Å². The van der Waals surface area contributed by atoms with Gasteiger partial charge in [0.1, 0.15) is 17.8 Å². The Morgan fingerprint density at radius 3 is 2.74 bits per heavy atom. The molecule has 2 saturated carbocycles. The van der Waals surface area contributed by atoms with Crippen LogP contribution in [0.5, 0.6) is 0 Å². The van der Waals surface area contributed by atoms with Gasteiger partial charge in [-0.3, -0.25) is 0 Å². The highest BCUT2D eigenvalue weighted by Crippen LogP contribution is 2.37. The second-order valence-electron chi connectivity index (χ2n) is 8.65. The number of nitrogens with one attached hydrogen (secondary N) is 1. The normalized spacial score (nSPS) is 26.7. The lowest BCUT2D eigenvalue weighted by Crippen LogP contribution is -2.56. The van der Waals surface area contributed by atoms with Crippen LogP contribution >= 0.6 is 0 Å². The van der Waals surface area contributed by atoms with Crippen molar-refractivity contribution >= 4 is 26.7 Å². The monoisotopic (exact) mass is 389 g/mol. The molecule has 3 heterocycles. The minimum absolute atomic E-state index is 0.130. The molecule has 146 valence electrons. The number of hydrogen-bond acceptors (Lipinski definition) is 6. The second-order valence-corrected chi connectivity index (χ2v) is 11.0. The molecule has 0 bridgehead atoms. The molecule has 0 amide bonds. The topological polar surface area (TPSA) is 82.2 Å². The predicted molar refractivity (Wildman–Crippen MR) is 106 cm³/mol. The lowest BCUT2D eigenvalue weighted by Gasteiger charge is -2.44. The first kappa shape index (κ1) is 17.4. The van der Waals surface area contributed by atoms with Gasteiger partial charge in [0.2, 0.25) is 0 Å². The smallest absolute Gasteiger partial charge is 0.155 e. The van der Waals surface area contributed by atoms with E-state index < -0.39 is 9.84 Å². The average Bonchev–Trinajstić information content (AvgIpc) is 3.26. The molecule has 2 aromatic heterocycles. The zero-order valence-corrected chi connectivity index (χ0v) is 16.5. The molecule has 1 N–H and O–H groups in total. The minimum atomic E-state index is -2.96. The van der Waals surface area contributed by atoms with Crippen LogP contribution in [0.2, 0.25) is 0 Å². The Morgan fingerprint density at radius 2 is 2.00 bits per heavy atom. The molecule has 3 fully saturated rings. The summed E-state index contributed by atoms with van der Waals surface area (Å²) in [6, 6.07) is 2.34. The molecule has 0 aromatic carbocycles. The van der Waals surface area contributed by atoms with Crippen LogP contribution in [0.15, 0.2) is 18.6 Å². The molecule has 0 atom stereocenters. The Hall–Kier alpha value is -1.67. The second kappa shape index (κ2) is 6.44. The number of nitrogens with zero attached hydrogens (tertiary/aromatic N) is 4. The number of H-pyrrole nitrogens is 1. The highest BCUT2D eigenvalue weighted by atomic mass is 32.2. The molecular weight excluding hydrogens is 362 g/mol. The van der Waals surface area contributed by atoms with Crippen molar-refractivity contribution in [3.63, 3.8) is 0 Å². The van der Waals surface area contributed by atoms with Gasteiger partial charge in [-0.2, -0.15) is 0 Å². The van der Waals surface area contributed by atoms with Gasteiger partial charge in [-0.15, -0.1) is 0 Å². The van der Waals surface area contributed by atoms with Crippen molar-refractivity contribution in [1.29, 1.82) is 0 Å². The van der Waals surface area contributed by atoms with E-state index in [9.17, 15) is 8.42 Å². The van der Waals surface area contributed by atoms with Gasteiger partial charge < -0.3 is 14.8 Å². The summed E-state index contributed by atoms with van der Waals surface area (Å²) in [5, 5.41) is 0.885. The number of fused-ring (bicyclic) bond motifs is 1. The summed E-state index contributed by atoms with van der Waals surface area (Å²) in [6.07, 6.45) is 7.94. The van der Waals surface area contributed by atoms with E-state index in [-0.39, 0.29) is 11.2 Å². The van der Waals surface area contributed by atoms with E-state index in [1.54, 1.807) is 6.33 Å². The first-order valence-corrected chi connectivity index (χ1v) is 11.7. The molecule has 5 rings (SSSR count). The van der Waals surface area contributed by atoms with Crippen LogP contribution in [-0.2, 0) is 9.84 Å². The average molecular weight is 390 g/mol. The van der Waals surface area contributed by atoms with E-state index in [4.69, 9.17) is 0 Å². The van der Waals surface area contributed by atoms with Crippen molar-refractivity contribution in [2.75, 3.05) is 37.3 Å². The van der Waals surface area contributed by atoms with Gasteiger partial charge in [0.05, 0.1) is 16.4 Å². The van der Waals surface area contributed by atoms with Crippen molar-refractivity contribution in [3.8, 4) is 0 Å². The van der Waals surface area contributed by atoms with Gasteiger partial charge in [0.15, 0.2) is 9.84 Å². The highest BCUT2D eigenvalue weighted by Gasteiger charge is 2.43. The molecule has 1 saturated heterocycles. The zero-order chi connectivity index (χ0) is 18.6. The van der Waals surface area contributed by atoms with E-state index >= 15 is 0 Å². The molecular formula is C19H27N5O2S. The van der Waals surface area contributed by atoms with Gasteiger partial charge in [-0.05, 0) is 43.6 Å². The highest BCUT2D eigenvalue weighted by molar-refractivity contribution is 7.92. The number of hydrogen-bond donors (Lipinski definition) is 1. The van der Waals surface area contributed by atoms with Crippen LogP contribution in [0.25, 0.3) is 11.0 Å². The molecule has 0 unspecified atom stereocenters. The predicted octanol–water partition coefficient (Wildman–Crippen LogP) is 1.68. The van der Waals surface area contributed by atoms with E-state index in [0.717, 1.165) is 55.2 Å². The summed E-state index contributed by atoms with van der Waals surface area (Å²) in [5.74, 6) is 2.39. The largest absolute Gasteiger partial charge is 0.356 e. The van der Waals surface area contributed by atoms with Gasteiger partial charge in [-0.25, -0.2) is 18.4 Å². The van der Waals surface area contributed by atoms with Crippen molar-refractivity contribution in [1.82, 2.24) is 19.9 Å². The molecule has 3 aliphatic rings. The van der Waals surface area contributed by atoms with Gasteiger partial charge >= 0.3 is 0 Å². The third-order valence-electron chi connectivity index (χ3n) is 6.54. The van der Waals surface area contributed by atoms with Gasteiger partial charge in [0, 0.05) is 38.9 Å². The van der Waals surface area contributed by atoms with Crippen molar-refractivity contribution in [2.45, 2.75) is 37.0 Å². The lowest BCUT2D eigenvalue weighted by atomic mass is 9.81. The Bertz CT molecular complexity index is 926. The molecule has 2 aromatic rings. The van der Waals surface area contributed by atoms with E-state index in [2.05, 4.69) is 24.8 Å². The van der Waals surface area contributed by atoms with Crippen molar-refractivity contribution < 1.29 is 8.42 Å². The molecule has 0 spiro atoms. The molecule has 27 heavy (non-hydrogen) atoms. The summed E-state index contributed by atoms with van der Waals surface area (Å²) >= 11 is 0. The fourth-order valence-corrected chi connectivity index (χ4v) is 6.57. The molecule has 8 heteroatoms. The Kier molecular flexibility index (Phi) is 4.16. The first-order chi connectivity index (χ1) is 13.0. The van der Waals surface area contributed by atoms with Crippen LogP contribution in [0, 0.1) is 11.8 Å². The van der Waals surface area contributed by atoms with Crippen LogP contribution in [0.1, 0.15) is 25.7 Å². The van der Waals surface area contributed by atoms with Crippen LogP contribution in [0.3, 0.4) is 0 Å². The van der Waals surface area contributed by atoms with Crippen molar-refractivity contribution in [3.05, 3.63) is 18.6 Å². The summed E-state index contributed by atoms with van der Waals surface area (Å²) < 4.78 is 25.4. The maximum atomic E-state index is 12.7. The molecule has 0 radical (unpaired) electrons. The first-order valence-electron chi connectivity index (χ1n) is 9.94. The summed E-state index contributed by atoms with van der Waals surface area (Å²) in [5.41, 5.74) is 0.839. The van der Waals surface area contributed by atoms with Crippen LogP contribution in [0.4, 0.5) is 5.82 Å².